The maximum Gasteiger partial charge on any atom is 0.300 e. The number of carbonyl (C=O) groups excluding carboxylic acids is 2. The van der Waals surface area contributed by atoms with Gasteiger partial charge in [-0.2, -0.15) is 0 Å². The summed E-state index contributed by atoms with van der Waals surface area (Å²) in [6, 6.07) is 21.6. The summed E-state index contributed by atoms with van der Waals surface area (Å²) >= 11 is 0. The molecule has 0 aromatic heterocycles. The smallest absolute Gasteiger partial charge is 0.300 e. The highest BCUT2D eigenvalue weighted by atomic mass is 16.5. The van der Waals surface area contributed by atoms with Gasteiger partial charge in [-0.25, -0.2) is 0 Å². The number of Topliss-reactive ketones (excluding diaryl/α,β-unsaturated/α-hetero) is 1. The molecule has 2 heterocycles. The fourth-order valence-corrected chi connectivity index (χ4v) is 4.83. The SMILES string of the molecule is CN1CCOc2ccc(/C(O)=C3/C(=O)C(=O)N(c4ccc(C(C)(C)C)cc4)C3c3ccccc3)cc21. The zero-order chi connectivity index (χ0) is 25.6. The van der Waals surface area contributed by atoms with Crippen LogP contribution in [0, 0.1) is 0 Å². The second-order valence-corrected chi connectivity index (χ2v) is 10.3. The van der Waals surface area contributed by atoms with Gasteiger partial charge in [0.05, 0.1) is 23.8 Å². The number of nitrogens with zero attached hydrogens (tertiary/aromatic N) is 2. The summed E-state index contributed by atoms with van der Waals surface area (Å²) in [4.78, 5) is 30.4. The minimum atomic E-state index is -0.753. The fraction of sp³-hybridized carbons (Fsp3) is 0.267. The van der Waals surface area contributed by atoms with Gasteiger partial charge in [0.25, 0.3) is 11.7 Å². The van der Waals surface area contributed by atoms with Gasteiger partial charge < -0.3 is 14.7 Å². The van der Waals surface area contributed by atoms with E-state index in [4.69, 9.17) is 4.74 Å². The van der Waals surface area contributed by atoms with Crippen molar-refractivity contribution in [3.8, 4) is 5.75 Å². The van der Waals surface area contributed by atoms with Crippen LogP contribution in [-0.2, 0) is 15.0 Å². The van der Waals surface area contributed by atoms with Crippen molar-refractivity contribution in [2.45, 2.75) is 32.2 Å². The van der Waals surface area contributed by atoms with Crippen molar-refractivity contribution < 1.29 is 19.4 Å². The largest absolute Gasteiger partial charge is 0.507 e. The highest BCUT2D eigenvalue weighted by Crippen LogP contribution is 2.43. The Morgan fingerprint density at radius 2 is 1.67 bits per heavy atom. The van der Waals surface area contributed by atoms with Gasteiger partial charge in [0.1, 0.15) is 18.1 Å². The van der Waals surface area contributed by atoms with E-state index in [0.717, 1.165) is 29.1 Å². The van der Waals surface area contributed by atoms with Crippen molar-refractivity contribution in [1.29, 1.82) is 0 Å². The number of ketones is 1. The number of aliphatic hydroxyl groups excluding tert-OH is 1. The average Bonchev–Trinajstić information content (AvgIpc) is 3.14. The van der Waals surface area contributed by atoms with E-state index < -0.39 is 17.7 Å². The molecule has 36 heavy (non-hydrogen) atoms. The minimum Gasteiger partial charge on any atom is -0.507 e. The molecule has 3 aromatic rings. The van der Waals surface area contributed by atoms with Crippen LogP contribution in [0.2, 0.25) is 0 Å². The predicted octanol–water partition coefficient (Wildman–Crippen LogP) is 5.44. The van der Waals surface area contributed by atoms with Gasteiger partial charge in [0.2, 0.25) is 0 Å². The number of likely N-dealkylation sites (N-methyl/N-ethyl adjacent to an activating group) is 1. The molecule has 1 saturated heterocycles. The molecule has 184 valence electrons. The molecule has 0 saturated carbocycles. The third-order valence-corrected chi connectivity index (χ3v) is 6.90. The summed E-state index contributed by atoms with van der Waals surface area (Å²) in [6.07, 6.45) is 0. The molecule has 1 amide bonds. The lowest BCUT2D eigenvalue weighted by Gasteiger charge is -2.28. The Bertz CT molecular complexity index is 1350. The first kappa shape index (κ1) is 23.7. The van der Waals surface area contributed by atoms with Crippen LogP contribution in [0.4, 0.5) is 11.4 Å². The van der Waals surface area contributed by atoms with Gasteiger partial charge in [0.15, 0.2) is 0 Å². The maximum absolute atomic E-state index is 13.4. The van der Waals surface area contributed by atoms with E-state index in [9.17, 15) is 14.7 Å². The van der Waals surface area contributed by atoms with E-state index in [1.807, 2.05) is 66.5 Å². The Balaban J connectivity index is 1.65. The van der Waals surface area contributed by atoms with Crippen LogP contribution in [0.1, 0.15) is 43.5 Å². The van der Waals surface area contributed by atoms with E-state index in [1.54, 1.807) is 18.2 Å². The summed E-state index contributed by atoms with van der Waals surface area (Å²) in [7, 11) is 1.95. The van der Waals surface area contributed by atoms with Crippen LogP contribution in [0.5, 0.6) is 5.75 Å². The highest BCUT2D eigenvalue weighted by Gasteiger charge is 2.47. The van der Waals surface area contributed by atoms with Gasteiger partial charge in [-0.3, -0.25) is 14.5 Å². The van der Waals surface area contributed by atoms with Crippen molar-refractivity contribution in [1.82, 2.24) is 0 Å². The highest BCUT2D eigenvalue weighted by molar-refractivity contribution is 6.51. The van der Waals surface area contributed by atoms with E-state index >= 15 is 0 Å². The molecular formula is C30H30N2O4. The Hall–Kier alpha value is -4.06. The van der Waals surface area contributed by atoms with Crippen molar-refractivity contribution in [3.63, 3.8) is 0 Å². The number of fused-ring (bicyclic) bond motifs is 1. The zero-order valence-electron chi connectivity index (χ0n) is 21.0. The van der Waals surface area contributed by atoms with Crippen LogP contribution < -0.4 is 14.5 Å². The van der Waals surface area contributed by atoms with Crippen LogP contribution in [0.3, 0.4) is 0 Å². The molecule has 1 N–H and O–H groups in total. The number of aliphatic hydroxyl groups is 1. The molecule has 1 atom stereocenters. The first-order chi connectivity index (χ1) is 17.2. The lowest BCUT2D eigenvalue weighted by molar-refractivity contribution is -0.132. The van der Waals surface area contributed by atoms with E-state index in [2.05, 4.69) is 20.8 Å². The molecule has 3 aromatic carbocycles. The van der Waals surface area contributed by atoms with Gasteiger partial charge in [-0.15, -0.1) is 0 Å². The number of ether oxygens (including phenoxy) is 1. The molecule has 0 spiro atoms. The summed E-state index contributed by atoms with van der Waals surface area (Å²) in [6.45, 7) is 7.68. The molecular weight excluding hydrogens is 452 g/mol. The number of rotatable bonds is 3. The monoisotopic (exact) mass is 482 g/mol. The molecule has 0 radical (unpaired) electrons. The quantitative estimate of drug-likeness (QED) is 0.306. The molecule has 2 aliphatic rings. The summed E-state index contributed by atoms with van der Waals surface area (Å²) in [5, 5.41) is 11.5. The Morgan fingerprint density at radius 3 is 2.33 bits per heavy atom. The van der Waals surface area contributed by atoms with Crippen LogP contribution in [0.25, 0.3) is 5.76 Å². The topological polar surface area (TPSA) is 70.1 Å². The van der Waals surface area contributed by atoms with Gasteiger partial charge in [0, 0.05) is 18.3 Å². The second kappa shape index (κ2) is 8.86. The number of anilines is 2. The molecule has 2 aliphatic heterocycles. The Labute approximate surface area is 211 Å². The molecule has 0 bridgehead atoms. The fourth-order valence-electron chi connectivity index (χ4n) is 4.83. The lowest BCUT2D eigenvalue weighted by atomic mass is 9.87. The molecule has 0 aliphatic carbocycles. The number of hydrogen-bond donors (Lipinski definition) is 1. The van der Waals surface area contributed by atoms with Crippen molar-refractivity contribution in [3.05, 3.63) is 95.1 Å². The van der Waals surface area contributed by atoms with Gasteiger partial charge >= 0.3 is 0 Å². The van der Waals surface area contributed by atoms with Crippen LogP contribution >= 0.6 is 0 Å². The molecule has 6 heteroatoms. The normalized spacial score (nSPS) is 19.3. The summed E-state index contributed by atoms with van der Waals surface area (Å²) in [5.74, 6) is -0.840. The van der Waals surface area contributed by atoms with Crippen LogP contribution in [-0.4, -0.2) is 37.0 Å². The van der Waals surface area contributed by atoms with Gasteiger partial charge in [-0.05, 0) is 46.9 Å². The molecule has 5 rings (SSSR count). The Kier molecular flexibility index (Phi) is 5.83. The van der Waals surface area contributed by atoms with Crippen LogP contribution in [0.15, 0.2) is 78.4 Å². The number of amides is 1. The standard InChI is InChI=1S/C30H30N2O4/c1-30(2,3)21-11-13-22(14-12-21)32-26(19-8-6-5-7-9-19)25(28(34)29(32)35)27(33)20-10-15-24-23(18-20)31(4)16-17-36-24/h5-15,18,26,33H,16-17H2,1-4H3/b27-25-. The molecule has 1 fully saturated rings. The Morgan fingerprint density at radius 1 is 0.972 bits per heavy atom. The third-order valence-electron chi connectivity index (χ3n) is 6.90. The number of benzene rings is 3. The lowest BCUT2D eigenvalue weighted by Crippen LogP contribution is -2.29. The van der Waals surface area contributed by atoms with Crippen molar-refractivity contribution in [2.75, 3.05) is 30.0 Å². The van der Waals surface area contributed by atoms with Crippen molar-refractivity contribution >= 4 is 28.8 Å². The first-order valence-corrected chi connectivity index (χ1v) is 12.1. The second-order valence-electron chi connectivity index (χ2n) is 10.3. The van der Waals surface area contributed by atoms with E-state index in [1.165, 1.54) is 4.90 Å². The summed E-state index contributed by atoms with van der Waals surface area (Å²) < 4.78 is 5.72. The van der Waals surface area contributed by atoms with E-state index in [0.29, 0.717) is 17.9 Å². The third kappa shape index (κ3) is 4.02. The number of carbonyl (C=O) groups is 2. The van der Waals surface area contributed by atoms with E-state index in [-0.39, 0.29) is 16.7 Å². The minimum absolute atomic E-state index is 0.0468. The predicted molar refractivity (Wildman–Crippen MR) is 142 cm³/mol. The average molecular weight is 483 g/mol. The zero-order valence-corrected chi connectivity index (χ0v) is 21.0. The first-order valence-electron chi connectivity index (χ1n) is 12.1. The molecule has 1 unspecified atom stereocenters. The van der Waals surface area contributed by atoms with Gasteiger partial charge in [-0.1, -0.05) is 63.2 Å². The molecule has 6 nitrogen and oxygen atoms in total. The summed E-state index contributed by atoms with van der Waals surface area (Å²) in [5.41, 5.74) is 3.80. The van der Waals surface area contributed by atoms with Crippen molar-refractivity contribution in [2.24, 2.45) is 0 Å². The maximum atomic E-state index is 13.4. The number of hydrogen-bond acceptors (Lipinski definition) is 5.